The molecule has 7 heteroatoms. The Morgan fingerprint density at radius 2 is 1.04 bits per heavy atom. The second-order valence-electron chi connectivity index (χ2n) is 5.62. The predicted molar refractivity (Wildman–Crippen MR) is 96.9 cm³/mol. The Balaban J connectivity index is 2.02. The van der Waals surface area contributed by atoms with Gasteiger partial charge >= 0.3 is 0 Å². The van der Waals surface area contributed by atoms with E-state index in [2.05, 4.69) is 15.9 Å². The molecule has 0 aliphatic carbocycles. The highest BCUT2D eigenvalue weighted by Crippen LogP contribution is 2.41. The molecule has 0 aromatic heterocycles. The molecule has 25 heavy (non-hydrogen) atoms. The van der Waals surface area contributed by atoms with Crippen LogP contribution in [-0.4, -0.2) is 16.8 Å². The molecule has 1 aliphatic heterocycles. The lowest BCUT2D eigenvalue weighted by atomic mass is 10.1. The molecule has 1 aliphatic rings. The molecule has 0 atom stereocenters. The number of fused-ring (bicyclic) bond motifs is 2. The fourth-order valence-corrected chi connectivity index (χ4v) is 7.32. The van der Waals surface area contributed by atoms with Gasteiger partial charge in [0.15, 0.2) is 0 Å². The van der Waals surface area contributed by atoms with E-state index in [-0.39, 0.29) is 19.6 Å². The summed E-state index contributed by atoms with van der Waals surface area (Å²) in [4.78, 5) is -0.687. The highest BCUT2D eigenvalue weighted by molar-refractivity contribution is 9.10. The van der Waals surface area contributed by atoms with Gasteiger partial charge in [-0.25, -0.2) is 16.8 Å². The first kappa shape index (κ1) is 16.5. The zero-order valence-electron chi connectivity index (χ0n) is 12.7. The lowest BCUT2D eigenvalue weighted by Gasteiger charge is -2.20. The van der Waals surface area contributed by atoms with E-state index in [4.69, 9.17) is 0 Å². The number of sulfone groups is 2. The van der Waals surface area contributed by atoms with Gasteiger partial charge in [-0.15, -0.1) is 0 Å². The Kier molecular flexibility index (Phi) is 3.64. The van der Waals surface area contributed by atoms with E-state index in [0.29, 0.717) is 5.56 Å². The first-order valence-electron chi connectivity index (χ1n) is 7.31. The summed E-state index contributed by atoms with van der Waals surface area (Å²) < 4.78 is 52.4. The van der Waals surface area contributed by atoms with Crippen molar-refractivity contribution in [2.24, 2.45) is 0 Å². The van der Waals surface area contributed by atoms with Crippen molar-refractivity contribution in [1.82, 2.24) is 0 Å². The number of hydrogen-bond donors (Lipinski definition) is 0. The van der Waals surface area contributed by atoms with E-state index in [9.17, 15) is 16.8 Å². The van der Waals surface area contributed by atoms with Gasteiger partial charge < -0.3 is 0 Å². The smallest absolute Gasteiger partial charge is 0.209 e. The zero-order valence-corrected chi connectivity index (χ0v) is 15.9. The first-order chi connectivity index (χ1) is 11.8. The van der Waals surface area contributed by atoms with Crippen LogP contribution in [0.15, 0.2) is 90.8 Å². The molecule has 0 unspecified atom stereocenters. The average molecular weight is 435 g/mol. The summed E-state index contributed by atoms with van der Waals surface area (Å²) in [5, 5.41) is 0. The third-order valence-electron chi connectivity index (χ3n) is 4.13. The number of benzene rings is 3. The van der Waals surface area contributed by atoms with Crippen molar-refractivity contribution in [1.29, 1.82) is 0 Å². The maximum absolute atomic E-state index is 12.9. The van der Waals surface area contributed by atoms with Crippen LogP contribution < -0.4 is 0 Å². The second-order valence-corrected chi connectivity index (χ2v) is 10.3. The van der Waals surface area contributed by atoms with Crippen LogP contribution in [0.4, 0.5) is 0 Å². The monoisotopic (exact) mass is 434 g/mol. The zero-order chi connectivity index (χ0) is 17.8. The standard InChI is InChI=1S/C18H11BrO4S2/c19-14-8-5-12(6-9-14)13-7-10-17-18(11-13)25(22,23)16-4-2-1-3-15(16)24(17,20)21/h1-11H. The minimum Gasteiger partial charge on any atom is -0.218 e. The van der Waals surface area contributed by atoms with Gasteiger partial charge in [-0.2, -0.15) is 0 Å². The molecule has 0 saturated carbocycles. The fourth-order valence-electron chi connectivity index (χ4n) is 2.89. The maximum atomic E-state index is 12.9. The summed E-state index contributed by atoms with van der Waals surface area (Å²) in [5.74, 6) is 0. The van der Waals surface area contributed by atoms with Crippen LogP contribution in [-0.2, 0) is 19.7 Å². The van der Waals surface area contributed by atoms with Crippen molar-refractivity contribution in [3.63, 3.8) is 0 Å². The minimum absolute atomic E-state index is 0.168. The van der Waals surface area contributed by atoms with Crippen LogP contribution in [0.5, 0.6) is 0 Å². The molecule has 0 radical (unpaired) electrons. The first-order valence-corrected chi connectivity index (χ1v) is 11.1. The Morgan fingerprint density at radius 3 is 1.64 bits per heavy atom. The van der Waals surface area contributed by atoms with Crippen LogP contribution in [0.25, 0.3) is 11.1 Å². The quantitative estimate of drug-likeness (QED) is 0.452. The van der Waals surface area contributed by atoms with Crippen LogP contribution in [0, 0.1) is 0 Å². The van der Waals surface area contributed by atoms with Crippen molar-refractivity contribution in [3.05, 3.63) is 71.2 Å². The van der Waals surface area contributed by atoms with Crippen molar-refractivity contribution in [3.8, 4) is 11.1 Å². The van der Waals surface area contributed by atoms with Gasteiger partial charge in [0.25, 0.3) is 0 Å². The molecule has 0 spiro atoms. The van der Waals surface area contributed by atoms with Gasteiger partial charge in [-0.3, -0.25) is 0 Å². The van der Waals surface area contributed by atoms with Crippen molar-refractivity contribution in [2.75, 3.05) is 0 Å². The van der Waals surface area contributed by atoms with Crippen LogP contribution >= 0.6 is 15.9 Å². The Morgan fingerprint density at radius 1 is 0.560 bits per heavy atom. The summed E-state index contributed by atoms with van der Waals surface area (Å²) in [7, 11) is -7.76. The summed E-state index contributed by atoms with van der Waals surface area (Å²) in [6.45, 7) is 0. The van der Waals surface area contributed by atoms with E-state index in [1.807, 2.05) is 24.3 Å². The van der Waals surface area contributed by atoms with E-state index >= 15 is 0 Å². The highest BCUT2D eigenvalue weighted by Gasteiger charge is 2.38. The topological polar surface area (TPSA) is 68.3 Å². The molecule has 0 fully saturated rings. The Bertz CT molecular complexity index is 1210. The van der Waals surface area contributed by atoms with Gasteiger partial charge in [0.05, 0.1) is 19.6 Å². The lowest BCUT2D eigenvalue weighted by molar-refractivity contribution is 0.570. The molecule has 1 heterocycles. The molecule has 0 saturated heterocycles. The molecular formula is C18H11BrO4S2. The van der Waals surface area contributed by atoms with Gasteiger partial charge in [-0.05, 0) is 47.5 Å². The largest absolute Gasteiger partial charge is 0.218 e. The molecular weight excluding hydrogens is 424 g/mol. The number of rotatable bonds is 1. The van der Waals surface area contributed by atoms with Crippen LogP contribution in [0.2, 0.25) is 0 Å². The van der Waals surface area contributed by atoms with Crippen molar-refractivity contribution < 1.29 is 16.8 Å². The summed E-state index contributed by atoms with van der Waals surface area (Å²) in [5.41, 5.74) is 1.45. The Labute approximate surface area is 154 Å². The highest BCUT2D eigenvalue weighted by atomic mass is 79.9. The third-order valence-corrected chi connectivity index (χ3v) is 8.64. The van der Waals surface area contributed by atoms with Gasteiger partial charge in [0, 0.05) is 4.47 Å². The lowest BCUT2D eigenvalue weighted by Crippen LogP contribution is -2.19. The third kappa shape index (κ3) is 2.46. The van der Waals surface area contributed by atoms with Crippen molar-refractivity contribution in [2.45, 2.75) is 19.6 Å². The van der Waals surface area contributed by atoms with Gasteiger partial charge in [-0.1, -0.05) is 46.3 Å². The van der Waals surface area contributed by atoms with E-state index < -0.39 is 19.7 Å². The molecule has 0 bridgehead atoms. The van der Waals surface area contributed by atoms with E-state index in [1.165, 1.54) is 36.4 Å². The van der Waals surface area contributed by atoms with Crippen molar-refractivity contribution >= 4 is 35.6 Å². The molecule has 3 aromatic carbocycles. The minimum atomic E-state index is -3.90. The number of hydrogen-bond acceptors (Lipinski definition) is 4. The van der Waals surface area contributed by atoms with E-state index in [0.717, 1.165) is 10.0 Å². The Hall–Kier alpha value is -1.96. The SMILES string of the molecule is O=S1(=O)c2ccccc2S(=O)(=O)c2cc(-c3ccc(Br)cc3)ccc21. The normalized spacial score (nSPS) is 16.7. The number of halogens is 1. The fraction of sp³-hybridized carbons (Fsp3) is 0. The summed E-state index contributed by atoms with van der Waals surface area (Å²) >= 11 is 3.35. The van der Waals surface area contributed by atoms with Gasteiger partial charge in [0.1, 0.15) is 0 Å². The van der Waals surface area contributed by atoms with Gasteiger partial charge in [0.2, 0.25) is 19.7 Å². The predicted octanol–water partition coefficient (Wildman–Crippen LogP) is 4.10. The second kappa shape index (κ2) is 5.52. The molecule has 126 valence electrons. The molecule has 0 amide bonds. The molecule has 4 rings (SSSR count). The summed E-state index contributed by atoms with van der Waals surface area (Å²) in [6.07, 6.45) is 0. The summed E-state index contributed by atoms with van der Waals surface area (Å²) in [6, 6.07) is 17.5. The maximum Gasteiger partial charge on any atom is 0.209 e. The molecule has 3 aromatic rings. The van der Waals surface area contributed by atoms with E-state index in [1.54, 1.807) is 6.07 Å². The average Bonchev–Trinajstić information content (AvgIpc) is 2.61. The van der Waals surface area contributed by atoms with Crippen LogP contribution in [0.3, 0.4) is 0 Å². The molecule has 4 nitrogen and oxygen atoms in total. The van der Waals surface area contributed by atoms with Crippen LogP contribution in [0.1, 0.15) is 0 Å². The molecule has 0 N–H and O–H groups in total.